The Labute approximate surface area is 118 Å². The number of carbonyl (C=O) groups excluding carboxylic acids is 1. The van der Waals surface area contributed by atoms with Gasteiger partial charge in [-0.1, -0.05) is 18.2 Å². The third-order valence-electron chi connectivity index (χ3n) is 3.08. The maximum Gasteiger partial charge on any atom is 0.255 e. The van der Waals surface area contributed by atoms with Gasteiger partial charge in [-0.15, -0.1) is 0 Å². The molecule has 0 spiro atoms. The van der Waals surface area contributed by atoms with Crippen LogP contribution in [0.15, 0.2) is 42.5 Å². The molecular formula is C16H17FN2O. The number of hydrogen-bond acceptors (Lipinski definition) is 2. The number of aryl methyl sites for hydroxylation is 1. The number of halogens is 1. The summed E-state index contributed by atoms with van der Waals surface area (Å²) in [4.78, 5) is 14.1. The lowest BCUT2D eigenvalue weighted by Gasteiger charge is -2.18. The Hall–Kier alpha value is -2.36. The molecule has 0 aliphatic carbocycles. The largest absolute Gasteiger partial charge is 0.376 e. The number of hydrogen-bond donors (Lipinski definition) is 1. The van der Waals surface area contributed by atoms with E-state index in [1.54, 1.807) is 18.2 Å². The highest BCUT2D eigenvalue weighted by Gasteiger charge is 2.12. The van der Waals surface area contributed by atoms with Crippen LogP contribution in [0.2, 0.25) is 0 Å². The van der Waals surface area contributed by atoms with Crippen LogP contribution in [0.1, 0.15) is 15.9 Å². The molecule has 1 N–H and O–H groups in total. The van der Waals surface area contributed by atoms with Gasteiger partial charge >= 0.3 is 0 Å². The van der Waals surface area contributed by atoms with E-state index in [4.69, 9.17) is 0 Å². The van der Waals surface area contributed by atoms with Gasteiger partial charge in [-0.2, -0.15) is 0 Å². The summed E-state index contributed by atoms with van der Waals surface area (Å²) in [5.41, 5.74) is 2.69. The van der Waals surface area contributed by atoms with Crippen molar-refractivity contribution in [3.8, 4) is 0 Å². The van der Waals surface area contributed by atoms with E-state index in [1.807, 2.05) is 38.1 Å². The molecule has 0 saturated carbocycles. The van der Waals surface area contributed by atoms with Gasteiger partial charge < -0.3 is 10.2 Å². The van der Waals surface area contributed by atoms with Crippen LogP contribution in [0.3, 0.4) is 0 Å². The minimum atomic E-state index is -0.379. The zero-order valence-corrected chi connectivity index (χ0v) is 11.8. The maximum atomic E-state index is 13.4. The molecule has 0 bridgehead atoms. The van der Waals surface area contributed by atoms with Crippen LogP contribution in [-0.4, -0.2) is 20.0 Å². The fourth-order valence-electron chi connectivity index (χ4n) is 2.02. The molecule has 0 radical (unpaired) electrons. The van der Waals surface area contributed by atoms with Crippen molar-refractivity contribution in [3.05, 3.63) is 59.4 Å². The number of carbonyl (C=O) groups is 1. The molecule has 3 nitrogen and oxygen atoms in total. The van der Waals surface area contributed by atoms with Crippen molar-refractivity contribution in [1.29, 1.82) is 0 Å². The lowest BCUT2D eigenvalue weighted by Crippen LogP contribution is -2.17. The SMILES string of the molecule is Cc1ccccc1C(=O)Nc1cc(F)ccc1N(C)C. The third-order valence-corrected chi connectivity index (χ3v) is 3.08. The van der Waals surface area contributed by atoms with Gasteiger partial charge in [-0.05, 0) is 36.8 Å². The lowest BCUT2D eigenvalue weighted by atomic mass is 10.1. The first-order valence-electron chi connectivity index (χ1n) is 6.33. The van der Waals surface area contributed by atoms with E-state index in [1.165, 1.54) is 12.1 Å². The topological polar surface area (TPSA) is 32.3 Å². The molecule has 1 amide bonds. The number of nitrogens with one attached hydrogen (secondary N) is 1. The Kier molecular flexibility index (Phi) is 4.03. The summed E-state index contributed by atoms with van der Waals surface area (Å²) in [5.74, 6) is -0.618. The first kappa shape index (κ1) is 14.1. The molecule has 2 aromatic carbocycles. The Morgan fingerprint density at radius 3 is 2.50 bits per heavy atom. The van der Waals surface area contributed by atoms with Crippen LogP contribution in [-0.2, 0) is 0 Å². The smallest absolute Gasteiger partial charge is 0.255 e. The van der Waals surface area contributed by atoms with Crippen molar-refractivity contribution >= 4 is 17.3 Å². The van der Waals surface area contributed by atoms with Crippen LogP contribution in [0.25, 0.3) is 0 Å². The van der Waals surface area contributed by atoms with Crippen molar-refractivity contribution < 1.29 is 9.18 Å². The molecular weight excluding hydrogens is 255 g/mol. The first-order valence-corrected chi connectivity index (χ1v) is 6.33. The highest BCUT2D eigenvalue weighted by atomic mass is 19.1. The predicted octanol–water partition coefficient (Wildman–Crippen LogP) is 3.45. The van der Waals surface area contributed by atoms with Gasteiger partial charge in [0.2, 0.25) is 0 Å². The average molecular weight is 272 g/mol. The summed E-state index contributed by atoms with van der Waals surface area (Å²) in [6, 6.07) is 11.6. The molecule has 0 aromatic heterocycles. The van der Waals surface area contributed by atoms with E-state index in [0.29, 0.717) is 11.3 Å². The number of rotatable bonds is 3. The van der Waals surface area contributed by atoms with Gasteiger partial charge in [0.25, 0.3) is 5.91 Å². The lowest BCUT2D eigenvalue weighted by molar-refractivity contribution is 0.102. The van der Waals surface area contributed by atoms with Gasteiger partial charge in [0, 0.05) is 19.7 Å². The van der Waals surface area contributed by atoms with Gasteiger partial charge in [-0.25, -0.2) is 4.39 Å². The monoisotopic (exact) mass is 272 g/mol. The quantitative estimate of drug-likeness (QED) is 0.928. The second-order valence-corrected chi connectivity index (χ2v) is 4.82. The third kappa shape index (κ3) is 2.96. The molecule has 0 saturated heterocycles. The number of anilines is 2. The second kappa shape index (κ2) is 5.74. The normalized spacial score (nSPS) is 10.2. The van der Waals surface area contributed by atoms with E-state index < -0.39 is 0 Å². The highest BCUT2D eigenvalue weighted by molar-refractivity contribution is 6.06. The molecule has 0 aliphatic heterocycles. The summed E-state index contributed by atoms with van der Waals surface area (Å²) >= 11 is 0. The Morgan fingerprint density at radius 1 is 1.15 bits per heavy atom. The van der Waals surface area contributed by atoms with Crippen molar-refractivity contribution in [1.82, 2.24) is 0 Å². The fraction of sp³-hybridized carbons (Fsp3) is 0.188. The Morgan fingerprint density at radius 2 is 1.85 bits per heavy atom. The molecule has 0 fully saturated rings. The minimum Gasteiger partial charge on any atom is -0.376 e. The summed E-state index contributed by atoms with van der Waals surface area (Å²) in [7, 11) is 3.69. The van der Waals surface area contributed by atoms with E-state index in [9.17, 15) is 9.18 Å². The summed E-state index contributed by atoms with van der Waals surface area (Å²) in [6.07, 6.45) is 0. The molecule has 0 atom stereocenters. The minimum absolute atomic E-state index is 0.239. The van der Waals surface area contributed by atoms with Crippen LogP contribution >= 0.6 is 0 Å². The number of amides is 1. The van der Waals surface area contributed by atoms with E-state index >= 15 is 0 Å². The fourth-order valence-corrected chi connectivity index (χ4v) is 2.02. The van der Waals surface area contributed by atoms with Crippen molar-refractivity contribution in [3.63, 3.8) is 0 Å². The van der Waals surface area contributed by atoms with Crippen LogP contribution in [0.5, 0.6) is 0 Å². The molecule has 0 unspecified atom stereocenters. The van der Waals surface area contributed by atoms with Crippen molar-refractivity contribution in [2.45, 2.75) is 6.92 Å². The van der Waals surface area contributed by atoms with Crippen molar-refractivity contribution in [2.24, 2.45) is 0 Å². The summed E-state index contributed by atoms with van der Waals surface area (Å²) < 4.78 is 13.4. The number of nitrogens with zero attached hydrogens (tertiary/aromatic N) is 1. The maximum absolute atomic E-state index is 13.4. The Bertz CT molecular complexity index is 638. The van der Waals surface area contributed by atoms with Crippen LogP contribution in [0, 0.1) is 12.7 Å². The second-order valence-electron chi connectivity index (χ2n) is 4.82. The zero-order valence-electron chi connectivity index (χ0n) is 11.8. The first-order chi connectivity index (χ1) is 9.49. The zero-order chi connectivity index (χ0) is 14.7. The molecule has 2 rings (SSSR count). The van der Waals surface area contributed by atoms with Gasteiger partial charge in [0.05, 0.1) is 11.4 Å². The average Bonchev–Trinajstić information content (AvgIpc) is 2.38. The van der Waals surface area contributed by atoms with Crippen molar-refractivity contribution in [2.75, 3.05) is 24.3 Å². The number of benzene rings is 2. The van der Waals surface area contributed by atoms with Gasteiger partial charge in [-0.3, -0.25) is 4.79 Å². The predicted molar refractivity (Wildman–Crippen MR) is 79.9 cm³/mol. The molecule has 104 valence electrons. The molecule has 0 aliphatic rings. The van der Waals surface area contributed by atoms with Gasteiger partial charge in [0.1, 0.15) is 5.82 Å². The standard InChI is InChI=1S/C16H17FN2O/c1-11-6-4-5-7-13(11)16(20)18-14-10-12(17)8-9-15(14)19(2)3/h4-10H,1-3H3,(H,18,20). The van der Waals surface area contributed by atoms with E-state index in [0.717, 1.165) is 11.3 Å². The summed E-state index contributed by atoms with van der Waals surface area (Å²) in [6.45, 7) is 1.87. The van der Waals surface area contributed by atoms with Crippen LogP contribution in [0.4, 0.5) is 15.8 Å². The van der Waals surface area contributed by atoms with Crippen LogP contribution < -0.4 is 10.2 Å². The molecule has 2 aromatic rings. The Balaban J connectivity index is 2.33. The highest BCUT2D eigenvalue weighted by Crippen LogP contribution is 2.26. The summed E-state index contributed by atoms with van der Waals surface area (Å²) in [5, 5.41) is 2.77. The van der Waals surface area contributed by atoms with E-state index in [-0.39, 0.29) is 11.7 Å². The molecule has 0 heterocycles. The molecule has 4 heteroatoms. The molecule has 20 heavy (non-hydrogen) atoms. The van der Waals surface area contributed by atoms with E-state index in [2.05, 4.69) is 5.32 Å². The van der Waals surface area contributed by atoms with Gasteiger partial charge in [0.15, 0.2) is 0 Å².